The van der Waals surface area contributed by atoms with E-state index in [1.54, 1.807) is 0 Å². The van der Waals surface area contributed by atoms with Crippen LogP contribution in [0.3, 0.4) is 0 Å². The van der Waals surface area contributed by atoms with Crippen molar-refractivity contribution in [2.24, 2.45) is 4.99 Å². The van der Waals surface area contributed by atoms with Crippen LogP contribution in [0.1, 0.15) is 22.5 Å². The molecule has 1 aliphatic rings. The highest BCUT2D eigenvalue weighted by atomic mass is 35.5. The van der Waals surface area contributed by atoms with Gasteiger partial charge in [0.2, 0.25) is 0 Å². The first kappa shape index (κ1) is 24.2. The molecule has 1 aliphatic heterocycles. The lowest BCUT2D eigenvalue weighted by Crippen LogP contribution is -2.36. The molecule has 0 amide bonds. The molecule has 6 heteroatoms. The van der Waals surface area contributed by atoms with Crippen LogP contribution in [-0.4, -0.2) is 37.1 Å². The Morgan fingerprint density at radius 2 is 1.61 bits per heavy atom. The number of hydrogen-bond donors (Lipinski definition) is 0. The number of aliphatic imine (C=N–C) groups is 1. The maximum Gasteiger partial charge on any atom is 0.119 e. The third-order valence-corrected chi connectivity index (χ3v) is 6.86. The summed E-state index contributed by atoms with van der Waals surface area (Å²) in [6.45, 7) is 8.11. The number of aromatic nitrogens is 1. The van der Waals surface area contributed by atoms with E-state index in [0.29, 0.717) is 6.61 Å². The minimum Gasteiger partial charge on any atom is -0.489 e. The molecule has 5 rings (SSSR count). The van der Waals surface area contributed by atoms with Crippen molar-refractivity contribution in [3.8, 4) is 11.4 Å². The number of ether oxygens (including phenoxy) is 2. The fourth-order valence-corrected chi connectivity index (χ4v) is 4.69. The highest BCUT2D eigenvalue weighted by Gasteiger charge is 2.12. The lowest BCUT2D eigenvalue weighted by Gasteiger charge is -2.28. The predicted octanol–water partition coefficient (Wildman–Crippen LogP) is 6.91. The van der Waals surface area contributed by atoms with E-state index < -0.39 is 0 Å². The minimum absolute atomic E-state index is 0.439. The van der Waals surface area contributed by atoms with Crippen LogP contribution in [0.25, 0.3) is 5.69 Å². The maximum atomic E-state index is 6.24. The molecule has 0 spiro atoms. The predicted molar refractivity (Wildman–Crippen MR) is 148 cm³/mol. The summed E-state index contributed by atoms with van der Waals surface area (Å²) < 4.78 is 13.6. The number of rotatable bonds is 7. The van der Waals surface area contributed by atoms with Crippen LogP contribution in [0.15, 0.2) is 83.9 Å². The first-order chi connectivity index (χ1) is 17.6. The zero-order chi connectivity index (χ0) is 24.9. The molecular formula is C30H30ClN3O2. The Balaban J connectivity index is 1.27. The van der Waals surface area contributed by atoms with Crippen molar-refractivity contribution >= 4 is 29.2 Å². The Bertz CT molecular complexity index is 1340. The van der Waals surface area contributed by atoms with E-state index in [1.165, 1.54) is 5.69 Å². The quantitative estimate of drug-likeness (QED) is 0.259. The Hall–Kier alpha value is -3.54. The van der Waals surface area contributed by atoms with E-state index in [-0.39, 0.29) is 0 Å². The van der Waals surface area contributed by atoms with E-state index in [1.807, 2.05) is 42.6 Å². The topological polar surface area (TPSA) is 39.0 Å². The van der Waals surface area contributed by atoms with Gasteiger partial charge < -0.3 is 18.9 Å². The molecule has 0 aliphatic carbocycles. The molecule has 3 aromatic carbocycles. The highest BCUT2D eigenvalue weighted by Crippen LogP contribution is 2.25. The lowest BCUT2D eigenvalue weighted by atomic mass is 10.2. The van der Waals surface area contributed by atoms with E-state index >= 15 is 0 Å². The molecule has 1 fully saturated rings. The van der Waals surface area contributed by atoms with Gasteiger partial charge in [-0.05, 0) is 74.5 Å². The summed E-state index contributed by atoms with van der Waals surface area (Å²) in [6, 6.07) is 26.5. The van der Waals surface area contributed by atoms with Crippen LogP contribution in [0.5, 0.6) is 5.75 Å². The van der Waals surface area contributed by atoms with Gasteiger partial charge in [0.15, 0.2) is 0 Å². The molecule has 1 aromatic heterocycles. The van der Waals surface area contributed by atoms with Gasteiger partial charge in [0.1, 0.15) is 12.4 Å². The molecule has 0 N–H and O–H groups in total. The zero-order valence-corrected chi connectivity index (χ0v) is 21.4. The second kappa shape index (κ2) is 11.0. The molecule has 0 saturated carbocycles. The number of aryl methyl sites for hydroxylation is 1. The standard InChI is InChI=1S/C30H30ClN3O2/c1-22-19-25(20-32-26-7-9-27(10-8-26)33-15-17-35-18-16-33)23(2)34(22)28-11-13-29(14-12-28)36-21-24-5-3-4-6-30(24)31/h3-14,19-20H,15-18,21H2,1-2H3. The van der Waals surface area contributed by atoms with Crippen molar-refractivity contribution < 1.29 is 9.47 Å². The Morgan fingerprint density at radius 3 is 2.33 bits per heavy atom. The van der Waals surface area contributed by atoms with Crippen LogP contribution < -0.4 is 9.64 Å². The second-order valence-corrected chi connectivity index (χ2v) is 9.32. The van der Waals surface area contributed by atoms with Gasteiger partial charge in [-0.15, -0.1) is 0 Å². The molecular weight excluding hydrogens is 470 g/mol. The van der Waals surface area contributed by atoms with E-state index in [2.05, 4.69) is 65.8 Å². The molecule has 1 saturated heterocycles. The molecule has 0 unspecified atom stereocenters. The fraction of sp³-hybridized carbons (Fsp3) is 0.233. The lowest BCUT2D eigenvalue weighted by molar-refractivity contribution is 0.122. The van der Waals surface area contributed by atoms with Gasteiger partial charge in [-0.2, -0.15) is 0 Å². The SMILES string of the molecule is Cc1cc(C=Nc2ccc(N3CCOCC3)cc2)c(C)n1-c1ccc(OCc2ccccc2Cl)cc1. The van der Waals surface area contributed by atoms with Crippen molar-refractivity contribution in [3.05, 3.63) is 106 Å². The smallest absolute Gasteiger partial charge is 0.119 e. The highest BCUT2D eigenvalue weighted by molar-refractivity contribution is 6.31. The van der Waals surface area contributed by atoms with Crippen LogP contribution in [0, 0.1) is 13.8 Å². The molecule has 4 aromatic rings. The minimum atomic E-state index is 0.439. The number of hydrogen-bond acceptors (Lipinski definition) is 4. The summed E-state index contributed by atoms with van der Waals surface area (Å²) in [7, 11) is 0. The summed E-state index contributed by atoms with van der Waals surface area (Å²) in [5.74, 6) is 0.809. The fourth-order valence-electron chi connectivity index (χ4n) is 4.50. The van der Waals surface area contributed by atoms with Gasteiger partial charge in [0.05, 0.1) is 18.9 Å². The number of halogens is 1. The molecule has 5 nitrogen and oxygen atoms in total. The van der Waals surface area contributed by atoms with Gasteiger partial charge in [-0.3, -0.25) is 4.99 Å². The molecule has 36 heavy (non-hydrogen) atoms. The monoisotopic (exact) mass is 499 g/mol. The van der Waals surface area contributed by atoms with Gasteiger partial charge in [-0.25, -0.2) is 0 Å². The summed E-state index contributed by atoms with van der Waals surface area (Å²) in [5, 5.41) is 0.718. The van der Waals surface area contributed by atoms with E-state index in [4.69, 9.17) is 26.1 Å². The summed E-state index contributed by atoms with van der Waals surface area (Å²) >= 11 is 6.24. The normalized spacial score (nSPS) is 13.9. The third kappa shape index (κ3) is 5.48. The van der Waals surface area contributed by atoms with Crippen molar-refractivity contribution in [2.75, 3.05) is 31.2 Å². The van der Waals surface area contributed by atoms with Gasteiger partial charge in [0, 0.05) is 58.2 Å². The molecule has 184 valence electrons. The first-order valence-electron chi connectivity index (χ1n) is 12.2. The average Bonchev–Trinajstić information content (AvgIpc) is 3.20. The Kier molecular flexibility index (Phi) is 7.40. The zero-order valence-electron chi connectivity index (χ0n) is 20.7. The van der Waals surface area contributed by atoms with Crippen molar-refractivity contribution in [1.82, 2.24) is 4.57 Å². The number of morpholine rings is 1. The van der Waals surface area contributed by atoms with Crippen molar-refractivity contribution in [2.45, 2.75) is 20.5 Å². The number of anilines is 1. The van der Waals surface area contributed by atoms with Crippen LogP contribution in [0.4, 0.5) is 11.4 Å². The average molecular weight is 500 g/mol. The van der Waals surface area contributed by atoms with Crippen LogP contribution in [0.2, 0.25) is 5.02 Å². The number of nitrogens with zero attached hydrogens (tertiary/aromatic N) is 3. The van der Waals surface area contributed by atoms with E-state index in [9.17, 15) is 0 Å². The van der Waals surface area contributed by atoms with E-state index in [0.717, 1.165) is 71.0 Å². The van der Waals surface area contributed by atoms with Crippen molar-refractivity contribution in [1.29, 1.82) is 0 Å². The number of benzene rings is 3. The Morgan fingerprint density at radius 1 is 0.917 bits per heavy atom. The molecule has 0 bridgehead atoms. The van der Waals surface area contributed by atoms with Gasteiger partial charge >= 0.3 is 0 Å². The molecule has 0 atom stereocenters. The summed E-state index contributed by atoms with van der Waals surface area (Å²) in [4.78, 5) is 7.08. The largest absolute Gasteiger partial charge is 0.489 e. The summed E-state index contributed by atoms with van der Waals surface area (Å²) in [5.41, 5.74) is 7.62. The molecule has 2 heterocycles. The summed E-state index contributed by atoms with van der Waals surface area (Å²) in [6.07, 6.45) is 1.95. The maximum absolute atomic E-state index is 6.24. The van der Waals surface area contributed by atoms with Crippen LogP contribution >= 0.6 is 11.6 Å². The van der Waals surface area contributed by atoms with Gasteiger partial charge in [0.25, 0.3) is 0 Å². The first-order valence-corrected chi connectivity index (χ1v) is 12.6. The second-order valence-electron chi connectivity index (χ2n) is 8.91. The van der Waals surface area contributed by atoms with Crippen LogP contribution in [-0.2, 0) is 11.3 Å². The van der Waals surface area contributed by atoms with Gasteiger partial charge in [-0.1, -0.05) is 29.8 Å². The third-order valence-electron chi connectivity index (χ3n) is 6.50. The van der Waals surface area contributed by atoms with Crippen molar-refractivity contribution in [3.63, 3.8) is 0 Å². The molecule has 0 radical (unpaired) electrons. The Labute approximate surface area is 217 Å².